The molecule has 1 fully saturated rings. The molecular formula is C14H22N2O. The van der Waals surface area contributed by atoms with Crippen molar-refractivity contribution in [2.24, 2.45) is 5.92 Å². The summed E-state index contributed by atoms with van der Waals surface area (Å²) < 4.78 is 5.53. The van der Waals surface area contributed by atoms with Crippen LogP contribution in [-0.2, 0) is 11.3 Å². The number of nitrogens with two attached hydrogens (primary N) is 1. The summed E-state index contributed by atoms with van der Waals surface area (Å²) in [5.74, 6) is 0.657. The van der Waals surface area contributed by atoms with Crippen molar-refractivity contribution >= 4 is 5.69 Å². The summed E-state index contributed by atoms with van der Waals surface area (Å²) >= 11 is 0. The summed E-state index contributed by atoms with van der Waals surface area (Å²) in [7, 11) is 1.81. The maximum Gasteiger partial charge on any atom is 0.0724 e. The Kier molecular flexibility index (Phi) is 4.02. The van der Waals surface area contributed by atoms with Gasteiger partial charge in [0, 0.05) is 25.9 Å². The number of methoxy groups -OCH3 is 1. The van der Waals surface area contributed by atoms with Crippen LogP contribution in [0.25, 0.3) is 0 Å². The van der Waals surface area contributed by atoms with Crippen LogP contribution in [0.1, 0.15) is 18.9 Å². The molecule has 3 nitrogen and oxygen atoms in total. The molecule has 0 aromatic heterocycles. The van der Waals surface area contributed by atoms with Crippen LogP contribution in [0.5, 0.6) is 0 Å². The van der Waals surface area contributed by atoms with E-state index in [1.165, 1.54) is 12.0 Å². The lowest BCUT2D eigenvalue weighted by atomic mass is 9.95. The Morgan fingerprint density at radius 1 is 1.41 bits per heavy atom. The monoisotopic (exact) mass is 234 g/mol. The van der Waals surface area contributed by atoms with Crippen molar-refractivity contribution in [2.75, 3.05) is 25.9 Å². The van der Waals surface area contributed by atoms with E-state index >= 15 is 0 Å². The lowest BCUT2D eigenvalue weighted by molar-refractivity contribution is -0.00739. The average molecular weight is 234 g/mol. The van der Waals surface area contributed by atoms with Gasteiger partial charge in [0.2, 0.25) is 0 Å². The Morgan fingerprint density at radius 3 is 2.88 bits per heavy atom. The van der Waals surface area contributed by atoms with E-state index in [1.54, 1.807) is 0 Å². The lowest BCUT2D eigenvalue weighted by Crippen LogP contribution is -2.43. The maximum absolute atomic E-state index is 5.97. The first-order valence-electron chi connectivity index (χ1n) is 6.29. The molecule has 0 bridgehead atoms. The summed E-state index contributed by atoms with van der Waals surface area (Å²) in [6.45, 7) is 5.34. The second-order valence-corrected chi connectivity index (χ2v) is 4.97. The molecule has 0 spiro atoms. The third kappa shape index (κ3) is 2.99. The molecule has 0 radical (unpaired) electrons. The van der Waals surface area contributed by atoms with E-state index in [4.69, 9.17) is 10.5 Å². The molecule has 2 N–H and O–H groups in total. The van der Waals surface area contributed by atoms with Crippen molar-refractivity contribution < 1.29 is 4.74 Å². The number of likely N-dealkylation sites (tertiary alicyclic amines) is 1. The molecule has 2 unspecified atom stereocenters. The number of para-hydroxylation sites is 1. The summed E-state index contributed by atoms with van der Waals surface area (Å²) in [4.78, 5) is 2.43. The van der Waals surface area contributed by atoms with Gasteiger partial charge in [0.05, 0.1) is 6.10 Å². The fourth-order valence-electron chi connectivity index (χ4n) is 2.47. The van der Waals surface area contributed by atoms with E-state index in [0.717, 1.165) is 25.3 Å². The molecule has 1 aliphatic rings. The summed E-state index contributed by atoms with van der Waals surface area (Å²) in [6.07, 6.45) is 1.55. The molecule has 1 aromatic carbocycles. The topological polar surface area (TPSA) is 38.5 Å². The average Bonchev–Trinajstić information content (AvgIpc) is 2.34. The third-order valence-corrected chi connectivity index (χ3v) is 3.73. The highest BCUT2D eigenvalue weighted by Gasteiger charge is 2.25. The SMILES string of the molecule is COC1CN(Cc2ccccc2N)CCC1C. The Balaban J connectivity index is 1.98. The second kappa shape index (κ2) is 5.52. The normalized spacial score (nSPS) is 26.0. The summed E-state index contributed by atoms with van der Waals surface area (Å²) in [6, 6.07) is 8.10. The number of nitrogens with zero attached hydrogens (tertiary/aromatic N) is 1. The molecule has 1 saturated heterocycles. The van der Waals surface area contributed by atoms with Gasteiger partial charge in [0.15, 0.2) is 0 Å². The second-order valence-electron chi connectivity index (χ2n) is 4.97. The Morgan fingerprint density at radius 2 is 2.18 bits per heavy atom. The standard InChI is InChI=1S/C14H22N2O/c1-11-7-8-16(10-14(11)17-2)9-12-5-3-4-6-13(12)15/h3-6,11,14H,7-10,15H2,1-2H3. The van der Waals surface area contributed by atoms with Gasteiger partial charge in [-0.15, -0.1) is 0 Å². The van der Waals surface area contributed by atoms with Crippen molar-refractivity contribution in [1.82, 2.24) is 4.90 Å². The van der Waals surface area contributed by atoms with Gasteiger partial charge in [0.1, 0.15) is 0 Å². The van der Waals surface area contributed by atoms with E-state index in [1.807, 2.05) is 25.3 Å². The fraction of sp³-hybridized carbons (Fsp3) is 0.571. The van der Waals surface area contributed by atoms with Gasteiger partial charge in [-0.1, -0.05) is 25.1 Å². The highest BCUT2D eigenvalue weighted by Crippen LogP contribution is 2.22. The van der Waals surface area contributed by atoms with Crippen molar-refractivity contribution in [2.45, 2.75) is 26.0 Å². The first-order valence-corrected chi connectivity index (χ1v) is 6.29. The molecule has 0 amide bonds. The summed E-state index contributed by atoms with van der Waals surface area (Å²) in [5.41, 5.74) is 8.08. The molecule has 0 saturated carbocycles. The minimum absolute atomic E-state index is 0.355. The van der Waals surface area contributed by atoms with E-state index in [9.17, 15) is 0 Å². The van der Waals surface area contributed by atoms with Gasteiger partial charge < -0.3 is 10.5 Å². The van der Waals surface area contributed by atoms with Crippen LogP contribution in [0.3, 0.4) is 0 Å². The summed E-state index contributed by atoms with van der Waals surface area (Å²) in [5, 5.41) is 0. The Hall–Kier alpha value is -1.06. The zero-order valence-electron chi connectivity index (χ0n) is 10.7. The third-order valence-electron chi connectivity index (χ3n) is 3.73. The van der Waals surface area contributed by atoms with Crippen molar-refractivity contribution in [1.29, 1.82) is 0 Å². The highest BCUT2D eigenvalue weighted by molar-refractivity contribution is 5.46. The highest BCUT2D eigenvalue weighted by atomic mass is 16.5. The quantitative estimate of drug-likeness (QED) is 0.814. The van der Waals surface area contributed by atoms with Gasteiger partial charge in [0.25, 0.3) is 0 Å². The van der Waals surface area contributed by atoms with Crippen LogP contribution in [0.15, 0.2) is 24.3 Å². The van der Waals surface area contributed by atoms with Crippen LogP contribution in [0.4, 0.5) is 5.69 Å². The van der Waals surface area contributed by atoms with Gasteiger partial charge in [-0.2, -0.15) is 0 Å². The molecule has 2 rings (SSSR count). The van der Waals surface area contributed by atoms with E-state index < -0.39 is 0 Å². The molecule has 94 valence electrons. The number of hydrogen-bond acceptors (Lipinski definition) is 3. The first-order chi connectivity index (χ1) is 8.20. The number of hydrogen-bond donors (Lipinski definition) is 1. The van der Waals surface area contributed by atoms with Gasteiger partial charge in [-0.25, -0.2) is 0 Å². The zero-order chi connectivity index (χ0) is 12.3. The van der Waals surface area contributed by atoms with Gasteiger partial charge in [-0.3, -0.25) is 4.90 Å². The smallest absolute Gasteiger partial charge is 0.0724 e. The van der Waals surface area contributed by atoms with E-state index in [0.29, 0.717) is 12.0 Å². The largest absolute Gasteiger partial charge is 0.398 e. The van der Waals surface area contributed by atoms with E-state index in [-0.39, 0.29) is 0 Å². The van der Waals surface area contributed by atoms with Gasteiger partial charge >= 0.3 is 0 Å². The molecule has 17 heavy (non-hydrogen) atoms. The molecule has 1 aromatic rings. The predicted molar refractivity (Wildman–Crippen MR) is 70.7 cm³/mol. The number of piperidine rings is 1. The van der Waals surface area contributed by atoms with Crippen molar-refractivity contribution in [3.8, 4) is 0 Å². The molecular weight excluding hydrogens is 212 g/mol. The molecule has 0 aliphatic carbocycles. The Labute approximate surface area is 104 Å². The fourth-order valence-corrected chi connectivity index (χ4v) is 2.47. The zero-order valence-corrected chi connectivity index (χ0v) is 10.7. The van der Waals surface area contributed by atoms with Crippen LogP contribution >= 0.6 is 0 Å². The Bertz CT molecular complexity index is 367. The lowest BCUT2D eigenvalue weighted by Gasteiger charge is -2.36. The van der Waals surface area contributed by atoms with Crippen LogP contribution < -0.4 is 5.73 Å². The number of nitrogen functional groups attached to an aromatic ring is 1. The minimum atomic E-state index is 0.355. The van der Waals surface area contributed by atoms with Crippen LogP contribution in [0, 0.1) is 5.92 Å². The minimum Gasteiger partial charge on any atom is -0.398 e. The number of ether oxygens (including phenoxy) is 1. The molecule has 1 heterocycles. The predicted octanol–water partition coefficient (Wildman–Crippen LogP) is 2.13. The number of benzene rings is 1. The first kappa shape index (κ1) is 12.4. The molecule has 3 heteroatoms. The van der Waals surface area contributed by atoms with Crippen molar-refractivity contribution in [3.63, 3.8) is 0 Å². The van der Waals surface area contributed by atoms with E-state index in [2.05, 4.69) is 17.9 Å². The maximum atomic E-state index is 5.97. The number of rotatable bonds is 3. The van der Waals surface area contributed by atoms with Crippen LogP contribution in [0.2, 0.25) is 0 Å². The van der Waals surface area contributed by atoms with Crippen LogP contribution in [-0.4, -0.2) is 31.2 Å². The molecule has 2 atom stereocenters. The number of anilines is 1. The molecule has 1 aliphatic heterocycles. The van der Waals surface area contributed by atoms with Gasteiger partial charge in [-0.05, 0) is 30.5 Å². The van der Waals surface area contributed by atoms with Crippen molar-refractivity contribution in [3.05, 3.63) is 29.8 Å².